The lowest BCUT2D eigenvalue weighted by Crippen LogP contribution is -2.17. The van der Waals surface area contributed by atoms with Crippen LogP contribution in [0.25, 0.3) is 33.8 Å². The molecule has 4 rings (SSSR count). The van der Waals surface area contributed by atoms with Crippen molar-refractivity contribution >= 4 is 39.8 Å². The summed E-state index contributed by atoms with van der Waals surface area (Å²) in [5.74, 6) is -0.681. The van der Waals surface area contributed by atoms with Crippen LogP contribution < -0.4 is 0 Å². The van der Waals surface area contributed by atoms with Crippen molar-refractivity contribution in [1.82, 2.24) is 15.0 Å². The molecule has 0 spiro atoms. The monoisotopic (exact) mass is 400 g/mol. The van der Waals surface area contributed by atoms with E-state index in [-0.39, 0.29) is 17.3 Å². The average Bonchev–Trinajstić information content (AvgIpc) is 3.36. The van der Waals surface area contributed by atoms with Crippen molar-refractivity contribution in [2.75, 3.05) is 0 Å². The number of nitrogens with one attached hydrogen (secondary N) is 1. The van der Waals surface area contributed by atoms with E-state index in [0.717, 1.165) is 11.6 Å². The van der Waals surface area contributed by atoms with Gasteiger partial charge in [0.15, 0.2) is 23.3 Å². The summed E-state index contributed by atoms with van der Waals surface area (Å²) in [4.78, 5) is 23.6. The summed E-state index contributed by atoms with van der Waals surface area (Å²) in [5.41, 5.74) is 2.54. The average molecular weight is 400 g/mol. The zero-order valence-electron chi connectivity index (χ0n) is 15.9. The Balaban J connectivity index is 1.50. The molecule has 8 nitrogen and oxygen atoms in total. The van der Waals surface area contributed by atoms with E-state index in [2.05, 4.69) is 15.0 Å². The van der Waals surface area contributed by atoms with E-state index in [4.69, 9.17) is 9.15 Å². The molecule has 2 heterocycles. The van der Waals surface area contributed by atoms with Crippen molar-refractivity contribution in [1.29, 1.82) is 5.26 Å². The normalized spacial score (nSPS) is 13.3. The molecule has 148 valence electrons. The Morgan fingerprint density at radius 1 is 1.20 bits per heavy atom. The van der Waals surface area contributed by atoms with E-state index in [9.17, 15) is 15.2 Å². The van der Waals surface area contributed by atoms with Crippen LogP contribution in [0.15, 0.2) is 64.8 Å². The highest BCUT2D eigenvalue weighted by molar-refractivity contribution is 5.88. The Hall–Kier alpha value is -4.38. The third-order valence-electron chi connectivity index (χ3n) is 4.34. The van der Waals surface area contributed by atoms with Crippen molar-refractivity contribution in [2.45, 2.75) is 13.0 Å². The van der Waals surface area contributed by atoms with Crippen molar-refractivity contribution in [2.24, 2.45) is 0 Å². The van der Waals surface area contributed by atoms with E-state index in [1.807, 2.05) is 30.3 Å². The molecule has 0 radical (unpaired) electrons. The molecule has 0 aliphatic carbocycles. The summed E-state index contributed by atoms with van der Waals surface area (Å²) in [6.07, 6.45) is 1.45. The number of aliphatic hydroxyl groups is 1. The Morgan fingerprint density at radius 2 is 1.93 bits per heavy atom. The zero-order valence-corrected chi connectivity index (χ0v) is 15.9. The Morgan fingerprint density at radius 3 is 2.67 bits per heavy atom. The molecular weight excluding hydrogens is 384 g/mol. The molecule has 30 heavy (non-hydrogen) atoms. The maximum Gasteiger partial charge on any atom is 0.331 e. The fraction of sp³-hybridized carbons (Fsp3) is 0.0909. The van der Waals surface area contributed by atoms with Crippen molar-refractivity contribution in [3.05, 3.63) is 72.1 Å². The number of fused-ring (bicyclic) bond motifs is 2. The summed E-state index contributed by atoms with van der Waals surface area (Å²) in [5, 5.41) is 19.9. The first-order valence-corrected chi connectivity index (χ1v) is 9.08. The molecule has 0 aliphatic heterocycles. The largest absolute Gasteiger partial charge is 0.507 e. The molecule has 0 aliphatic rings. The first kappa shape index (κ1) is 19.0. The molecule has 2 N–H and O–H groups in total. The molecular formula is C22H16N4O4. The molecule has 0 saturated carbocycles. The lowest BCUT2D eigenvalue weighted by atomic mass is 10.2. The Labute approximate surface area is 170 Å². The summed E-state index contributed by atoms with van der Waals surface area (Å²) < 4.78 is 10.7. The summed E-state index contributed by atoms with van der Waals surface area (Å²) in [7, 11) is 0. The number of esters is 1. The van der Waals surface area contributed by atoms with Gasteiger partial charge < -0.3 is 19.2 Å². The van der Waals surface area contributed by atoms with Crippen LogP contribution in [0.5, 0.6) is 0 Å². The number of benzene rings is 2. The van der Waals surface area contributed by atoms with Crippen LogP contribution in [0, 0.1) is 11.3 Å². The quantitative estimate of drug-likeness (QED) is 0.223. The molecule has 0 amide bonds. The predicted octanol–water partition coefficient (Wildman–Crippen LogP) is 4.14. The molecule has 4 aromatic rings. The number of aromatic amines is 1. The predicted molar refractivity (Wildman–Crippen MR) is 110 cm³/mol. The SMILES string of the molecule is C[C@@H](OC(=O)/C=C/c1nc2ccccc2o1)/C(O)=C(\C#N)c1nc2ccccc2[nH]1. The number of aliphatic hydroxyl groups excluding tert-OH is 1. The van der Waals surface area contributed by atoms with Gasteiger partial charge in [-0.25, -0.2) is 14.8 Å². The van der Waals surface area contributed by atoms with Gasteiger partial charge in [0.05, 0.1) is 11.0 Å². The van der Waals surface area contributed by atoms with Crippen LogP contribution in [0.4, 0.5) is 0 Å². The summed E-state index contributed by atoms with van der Waals surface area (Å²) >= 11 is 0. The van der Waals surface area contributed by atoms with Gasteiger partial charge in [-0.15, -0.1) is 0 Å². The number of para-hydroxylation sites is 4. The minimum Gasteiger partial charge on any atom is -0.507 e. The van der Waals surface area contributed by atoms with Gasteiger partial charge in [-0.2, -0.15) is 5.26 Å². The highest BCUT2D eigenvalue weighted by Gasteiger charge is 2.20. The van der Waals surface area contributed by atoms with Crippen LogP contribution in [-0.4, -0.2) is 32.1 Å². The summed E-state index contributed by atoms with van der Waals surface area (Å²) in [6, 6.07) is 16.3. The fourth-order valence-corrected chi connectivity index (χ4v) is 2.88. The van der Waals surface area contributed by atoms with Crippen molar-refractivity contribution in [3.63, 3.8) is 0 Å². The number of imidazole rings is 1. The molecule has 2 aromatic carbocycles. The second-order valence-electron chi connectivity index (χ2n) is 6.41. The van der Waals surface area contributed by atoms with Crippen LogP contribution in [-0.2, 0) is 9.53 Å². The highest BCUT2D eigenvalue weighted by Crippen LogP contribution is 2.21. The number of nitriles is 1. The van der Waals surface area contributed by atoms with E-state index in [0.29, 0.717) is 16.6 Å². The topological polar surface area (TPSA) is 125 Å². The van der Waals surface area contributed by atoms with E-state index in [1.165, 1.54) is 13.0 Å². The smallest absolute Gasteiger partial charge is 0.331 e. The number of H-pyrrole nitrogens is 1. The second-order valence-corrected chi connectivity index (χ2v) is 6.41. The van der Waals surface area contributed by atoms with Crippen LogP contribution in [0.3, 0.4) is 0 Å². The first-order chi connectivity index (χ1) is 14.5. The number of ether oxygens (including phenoxy) is 1. The van der Waals surface area contributed by atoms with Crippen LogP contribution in [0.2, 0.25) is 0 Å². The van der Waals surface area contributed by atoms with Gasteiger partial charge in [0.25, 0.3) is 0 Å². The standard InChI is InChI=1S/C22H16N4O4/c1-13(21(28)14(12-23)22-25-15-6-2-3-7-16(15)26-22)29-20(27)11-10-19-24-17-8-4-5-9-18(17)30-19/h2-11,13,28H,1H3,(H,25,26)/b11-10+,21-14-/t13-/m1/s1. The molecule has 0 saturated heterocycles. The van der Waals surface area contributed by atoms with E-state index >= 15 is 0 Å². The van der Waals surface area contributed by atoms with E-state index in [1.54, 1.807) is 24.3 Å². The third kappa shape index (κ3) is 3.77. The van der Waals surface area contributed by atoms with Crippen molar-refractivity contribution in [3.8, 4) is 6.07 Å². The lowest BCUT2D eigenvalue weighted by molar-refractivity contribution is -0.141. The Bertz CT molecular complexity index is 1270. The molecule has 1 atom stereocenters. The van der Waals surface area contributed by atoms with Gasteiger partial charge in [0, 0.05) is 12.2 Å². The minimum absolute atomic E-state index is 0.102. The fourth-order valence-electron chi connectivity index (χ4n) is 2.88. The van der Waals surface area contributed by atoms with Gasteiger partial charge in [0.2, 0.25) is 5.89 Å². The van der Waals surface area contributed by atoms with Gasteiger partial charge in [-0.3, -0.25) is 0 Å². The number of rotatable bonds is 5. The number of nitrogens with zero attached hydrogens (tertiary/aromatic N) is 3. The number of aromatic nitrogens is 3. The molecule has 8 heteroatoms. The van der Waals surface area contributed by atoms with Gasteiger partial charge >= 0.3 is 5.97 Å². The van der Waals surface area contributed by atoms with Gasteiger partial charge in [0.1, 0.15) is 17.2 Å². The molecule has 0 unspecified atom stereocenters. The van der Waals surface area contributed by atoms with Crippen LogP contribution in [0.1, 0.15) is 18.6 Å². The zero-order chi connectivity index (χ0) is 21.1. The number of hydrogen-bond donors (Lipinski definition) is 2. The van der Waals surface area contributed by atoms with Crippen LogP contribution >= 0.6 is 0 Å². The number of allylic oxidation sites excluding steroid dienone is 1. The molecule has 0 fully saturated rings. The number of carbonyl (C=O) groups excluding carboxylic acids is 1. The van der Waals surface area contributed by atoms with E-state index < -0.39 is 17.8 Å². The molecule has 0 bridgehead atoms. The molecule has 2 aromatic heterocycles. The van der Waals surface area contributed by atoms with Gasteiger partial charge in [-0.05, 0) is 31.2 Å². The summed E-state index contributed by atoms with van der Waals surface area (Å²) in [6.45, 7) is 1.46. The number of oxazole rings is 1. The highest BCUT2D eigenvalue weighted by atomic mass is 16.5. The maximum atomic E-state index is 12.1. The first-order valence-electron chi connectivity index (χ1n) is 9.08. The lowest BCUT2D eigenvalue weighted by Gasteiger charge is -2.12. The minimum atomic E-state index is -1.06. The van der Waals surface area contributed by atoms with Crippen molar-refractivity contribution < 1.29 is 19.1 Å². The number of hydrogen-bond acceptors (Lipinski definition) is 7. The maximum absolute atomic E-state index is 12.1. The third-order valence-corrected chi connectivity index (χ3v) is 4.34. The Kier molecular flexibility index (Phi) is 5.01. The second kappa shape index (κ2) is 7.93. The number of carbonyl (C=O) groups is 1. The van der Waals surface area contributed by atoms with Gasteiger partial charge in [-0.1, -0.05) is 24.3 Å².